The average Bonchev–Trinajstić information content (AvgIpc) is 2.32. The maximum absolute atomic E-state index is 8.26. The van der Waals surface area contributed by atoms with Gasteiger partial charge in [-0.2, -0.15) is 0 Å². The van der Waals surface area contributed by atoms with Crippen LogP contribution < -0.4 is 11.5 Å². The molecule has 0 bridgehead atoms. The standard InChI is InChI=1S/C15H30N4/c1-15(2)6-4-12(5-7-15)13(10-17)14(18)11-19(3)9-8-16/h10,12,18H,4-9,11,16-17H2,1-3H3/b13-10-,18-14?. The van der Waals surface area contributed by atoms with E-state index < -0.39 is 0 Å². The van der Waals surface area contributed by atoms with Crippen molar-refractivity contribution in [2.45, 2.75) is 39.5 Å². The maximum atomic E-state index is 8.26. The van der Waals surface area contributed by atoms with Crippen LogP contribution in [0, 0.1) is 16.7 Å². The van der Waals surface area contributed by atoms with Crippen molar-refractivity contribution >= 4 is 5.71 Å². The van der Waals surface area contributed by atoms with Gasteiger partial charge in [-0.25, -0.2) is 0 Å². The summed E-state index contributed by atoms with van der Waals surface area (Å²) >= 11 is 0. The topological polar surface area (TPSA) is 79.1 Å². The zero-order valence-corrected chi connectivity index (χ0v) is 12.7. The predicted molar refractivity (Wildman–Crippen MR) is 82.3 cm³/mol. The van der Waals surface area contributed by atoms with Crippen molar-refractivity contribution in [3.05, 3.63) is 11.8 Å². The van der Waals surface area contributed by atoms with Crippen LogP contribution in [-0.2, 0) is 0 Å². The van der Waals surface area contributed by atoms with Crippen molar-refractivity contribution in [3.8, 4) is 0 Å². The Bertz CT molecular complexity index is 323. The van der Waals surface area contributed by atoms with Crippen LogP contribution in [0.25, 0.3) is 0 Å². The number of hydrogen-bond acceptors (Lipinski definition) is 4. The monoisotopic (exact) mass is 266 g/mol. The number of nitrogens with one attached hydrogen (secondary N) is 1. The molecular weight excluding hydrogens is 236 g/mol. The molecule has 0 radical (unpaired) electrons. The molecule has 0 aromatic rings. The molecular formula is C15H30N4. The van der Waals surface area contributed by atoms with Crippen molar-refractivity contribution in [2.24, 2.45) is 22.8 Å². The van der Waals surface area contributed by atoms with E-state index in [-0.39, 0.29) is 0 Å². The second-order valence-electron chi connectivity index (χ2n) is 6.57. The highest BCUT2D eigenvalue weighted by Crippen LogP contribution is 2.40. The van der Waals surface area contributed by atoms with Crippen LogP contribution in [0.4, 0.5) is 0 Å². The van der Waals surface area contributed by atoms with Crippen molar-refractivity contribution in [1.29, 1.82) is 5.41 Å². The first-order valence-corrected chi connectivity index (χ1v) is 7.28. The Morgan fingerprint density at radius 1 is 1.37 bits per heavy atom. The van der Waals surface area contributed by atoms with Gasteiger partial charge in [0.1, 0.15) is 0 Å². The lowest BCUT2D eigenvalue weighted by Crippen LogP contribution is -2.33. The highest BCUT2D eigenvalue weighted by molar-refractivity contribution is 5.99. The molecule has 0 amide bonds. The third-order valence-electron chi connectivity index (χ3n) is 4.25. The summed E-state index contributed by atoms with van der Waals surface area (Å²) < 4.78 is 0. The second-order valence-corrected chi connectivity index (χ2v) is 6.57. The molecule has 0 aromatic heterocycles. The van der Waals surface area contributed by atoms with Gasteiger partial charge in [0.25, 0.3) is 0 Å². The first kappa shape index (κ1) is 16.2. The van der Waals surface area contributed by atoms with E-state index in [1.54, 1.807) is 6.20 Å². The van der Waals surface area contributed by atoms with E-state index in [1.165, 1.54) is 12.8 Å². The van der Waals surface area contributed by atoms with E-state index in [2.05, 4.69) is 18.7 Å². The van der Waals surface area contributed by atoms with Crippen molar-refractivity contribution in [1.82, 2.24) is 4.90 Å². The lowest BCUT2D eigenvalue weighted by atomic mass is 9.70. The minimum Gasteiger partial charge on any atom is -0.404 e. The number of likely N-dealkylation sites (N-methyl/N-ethyl adjacent to an activating group) is 1. The van der Waals surface area contributed by atoms with Crippen LogP contribution in [0.15, 0.2) is 11.8 Å². The maximum Gasteiger partial charge on any atom is 0.0503 e. The van der Waals surface area contributed by atoms with Crippen LogP contribution in [0.5, 0.6) is 0 Å². The summed E-state index contributed by atoms with van der Waals surface area (Å²) in [6.07, 6.45) is 6.40. The second kappa shape index (κ2) is 7.06. The third-order valence-corrected chi connectivity index (χ3v) is 4.25. The largest absolute Gasteiger partial charge is 0.404 e. The Morgan fingerprint density at radius 2 is 1.95 bits per heavy atom. The summed E-state index contributed by atoms with van der Waals surface area (Å²) in [6.45, 7) is 6.74. The lowest BCUT2D eigenvalue weighted by molar-refractivity contribution is 0.210. The SMILES string of the molecule is CN(CCN)CC(=N)/C(=C\N)C1CCC(C)(C)CC1. The first-order chi connectivity index (χ1) is 8.89. The number of nitrogens with zero attached hydrogens (tertiary/aromatic N) is 1. The zero-order chi connectivity index (χ0) is 14.5. The van der Waals surface area contributed by atoms with Gasteiger partial charge in [-0.3, -0.25) is 4.90 Å². The molecule has 1 rings (SSSR count). The molecule has 5 N–H and O–H groups in total. The molecule has 110 valence electrons. The molecule has 1 fully saturated rings. The first-order valence-electron chi connectivity index (χ1n) is 7.28. The smallest absolute Gasteiger partial charge is 0.0503 e. The van der Waals surface area contributed by atoms with Gasteiger partial charge in [-0.05, 0) is 55.8 Å². The van der Waals surface area contributed by atoms with Gasteiger partial charge in [0.15, 0.2) is 0 Å². The van der Waals surface area contributed by atoms with E-state index in [9.17, 15) is 0 Å². The highest BCUT2D eigenvalue weighted by atomic mass is 15.1. The molecule has 0 heterocycles. The molecule has 0 atom stereocenters. The van der Waals surface area contributed by atoms with Crippen molar-refractivity contribution < 1.29 is 0 Å². The molecule has 0 unspecified atom stereocenters. The molecule has 0 aromatic carbocycles. The molecule has 0 spiro atoms. The van der Waals surface area contributed by atoms with Gasteiger partial charge in [-0.15, -0.1) is 0 Å². The van der Waals surface area contributed by atoms with Gasteiger partial charge in [-0.1, -0.05) is 13.8 Å². The summed E-state index contributed by atoms with van der Waals surface area (Å²) in [7, 11) is 2.00. The molecule has 0 saturated heterocycles. The van der Waals surface area contributed by atoms with Crippen LogP contribution >= 0.6 is 0 Å². The fraction of sp³-hybridized carbons (Fsp3) is 0.800. The minimum absolute atomic E-state index is 0.453. The summed E-state index contributed by atoms with van der Waals surface area (Å²) in [5, 5.41) is 8.26. The summed E-state index contributed by atoms with van der Waals surface area (Å²) in [6, 6.07) is 0. The number of rotatable bonds is 6. The third kappa shape index (κ3) is 4.96. The number of hydrogen-bond donors (Lipinski definition) is 3. The van der Waals surface area contributed by atoms with Crippen LogP contribution in [0.1, 0.15) is 39.5 Å². The van der Waals surface area contributed by atoms with Gasteiger partial charge < -0.3 is 16.9 Å². The summed E-state index contributed by atoms with van der Waals surface area (Å²) in [4.78, 5) is 2.08. The highest BCUT2D eigenvalue weighted by Gasteiger charge is 2.29. The Kier molecular flexibility index (Phi) is 6.01. The summed E-state index contributed by atoms with van der Waals surface area (Å²) in [5.74, 6) is 0.469. The minimum atomic E-state index is 0.453. The van der Waals surface area contributed by atoms with Crippen LogP contribution in [0.2, 0.25) is 0 Å². The molecule has 19 heavy (non-hydrogen) atoms. The van der Waals surface area contributed by atoms with Gasteiger partial charge >= 0.3 is 0 Å². The van der Waals surface area contributed by atoms with Crippen molar-refractivity contribution in [2.75, 3.05) is 26.7 Å². The van der Waals surface area contributed by atoms with E-state index in [0.29, 0.717) is 30.1 Å². The zero-order valence-electron chi connectivity index (χ0n) is 12.7. The fourth-order valence-corrected chi connectivity index (χ4v) is 2.85. The van der Waals surface area contributed by atoms with Crippen molar-refractivity contribution in [3.63, 3.8) is 0 Å². The molecule has 1 aliphatic carbocycles. The quantitative estimate of drug-likeness (QED) is 0.643. The molecule has 4 heteroatoms. The average molecular weight is 266 g/mol. The molecule has 0 aliphatic heterocycles. The van der Waals surface area contributed by atoms with E-state index >= 15 is 0 Å². The Balaban J connectivity index is 2.57. The van der Waals surface area contributed by atoms with Gasteiger partial charge in [0.05, 0.1) is 5.71 Å². The predicted octanol–water partition coefficient (Wildman–Crippen LogP) is 1.96. The van der Waals surface area contributed by atoms with E-state index in [4.69, 9.17) is 16.9 Å². The van der Waals surface area contributed by atoms with Gasteiger partial charge in [0, 0.05) is 19.6 Å². The van der Waals surface area contributed by atoms with E-state index in [1.807, 2.05) is 7.05 Å². The lowest BCUT2D eigenvalue weighted by Gasteiger charge is -2.35. The molecule has 1 saturated carbocycles. The molecule has 4 nitrogen and oxygen atoms in total. The Hall–Kier alpha value is -0.870. The molecule has 1 aliphatic rings. The Morgan fingerprint density at radius 3 is 2.42 bits per heavy atom. The normalized spacial score (nSPS) is 20.8. The van der Waals surface area contributed by atoms with Gasteiger partial charge in [0.2, 0.25) is 0 Å². The van der Waals surface area contributed by atoms with Crippen LogP contribution in [-0.4, -0.2) is 37.3 Å². The van der Waals surface area contributed by atoms with Crippen LogP contribution in [0.3, 0.4) is 0 Å². The summed E-state index contributed by atoms with van der Waals surface area (Å²) in [5.41, 5.74) is 13.5. The number of nitrogens with two attached hydrogens (primary N) is 2. The fourth-order valence-electron chi connectivity index (χ4n) is 2.85. The Labute approximate surface area is 117 Å². The van der Waals surface area contributed by atoms with E-state index in [0.717, 1.165) is 25.0 Å².